The molecule has 0 aliphatic carbocycles. The number of aromatic nitrogens is 2. The van der Waals surface area contributed by atoms with E-state index in [0.29, 0.717) is 0 Å². The van der Waals surface area contributed by atoms with Gasteiger partial charge in [-0.2, -0.15) is 0 Å². The molecule has 4 nitrogen and oxygen atoms in total. The molecule has 0 unspecified atom stereocenters. The predicted octanol–water partition coefficient (Wildman–Crippen LogP) is 0.918. The first-order chi connectivity index (χ1) is 5.79. The molecule has 1 N–H and O–H groups in total. The summed E-state index contributed by atoms with van der Waals surface area (Å²) in [5.74, 6) is -0.911. The van der Waals surface area contributed by atoms with Gasteiger partial charge < -0.3 is 9.67 Å². The van der Waals surface area contributed by atoms with Gasteiger partial charge in [-0.15, -0.1) is 0 Å². The van der Waals surface area contributed by atoms with Crippen LogP contribution in [0.15, 0.2) is 6.33 Å². The number of carboxylic acid groups (broad SMARTS) is 1. The van der Waals surface area contributed by atoms with E-state index in [2.05, 4.69) is 4.98 Å². The van der Waals surface area contributed by atoms with Gasteiger partial charge in [0.2, 0.25) is 0 Å². The molecule has 2 heterocycles. The van der Waals surface area contributed by atoms with Crippen molar-refractivity contribution in [3.05, 3.63) is 17.7 Å². The third kappa shape index (κ3) is 0.995. The van der Waals surface area contributed by atoms with Gasteiger partial charge in [0.05, 0.1) is 12.0 Å². The summed E-state index contributed by atoms with van der Waals surface area (Å²) in [6, 6.07) is 0. The fourth-order valence-corrected chi connectivity index (χ4v) is 1.62. The molecule has 1 aromatic rings. The number of aryl methyl sites for hydroxylation is 1. The number of fused-ring (bicyclic) bond motifs is 1. The van der Waals surface area contributed by atoms with Crippen LogP contribution in [0.3, 0.4) is 0 Å². The van der Waals surface area contributed by atoms with Gasteiger partial charge in [0.1, 0.15) is 0 Å². The fourth-order valence-electron chi connectivity index (χ4n) is 1.62. The van der Waals surface area contributed by atoms with E-state index in [-0.39, 0.29) is 5.69 Å². The Hall–Kier alpha value is -1.32. The first-order valence-corrected chi connectivity index (χ1v) is 4.06. The average molecular weight is 166 g/mol. The summed E-state index contributed by atoms with van der Waals surface area (Å²) in [6.07, 6.45) is 4.67. The van der Waals surface area contributed by atoms with E-state index >= 15 is 0 Å². The fraction of sp³-hybridized carbons (Fsp3) is 0.500. The van der Waals surface area contributed by atoms with E-state index in [1.54, 1.807) is 6.33 Å². The molecular formula is C8H10N2O2. The highest BCUT2D eigenvalue weighted by Gasteiger charge is 2.18. The van der Waals surface area contributed by atoms with Gasteiger partial charge in [-0.05, 0) is 19.3 Å². The summed E-state index contributed by atoms with van der Waals surface area (Å²) in [7, 11) is 0. The lowest BCUT2D eigenvalue weighted by Crippen LogP contribution is -2.12. The van der Waals surface area contributed by atoms with Crippen molar-refractivity contribution >= 4 is 5.97 Å². The van der Waals surface area contributed by atoms with Crippen LogP contribution in [-0.4, -0.2) is 20.6 Å². The van der Waals surface area contributed by atoms with E-state index < -0.39 is 5.97 Å². The quantitative estimate of drug-likeness (QED) is 0.674. The monoisotopic (exact) mass is 166 g/mol. The second-order valence-electron chi connectivity index (χ2n) is 3.00. The van der Waals surface area contributed by atoms with Gasteiger partial charge in [0.25, 0.3) is 0 Å². The first-order valence-electron chi connectivity index (χ1n) is 4.06. The number of aromatic carboxylic acids is 1. The summed E-state index contributed by atoms with van der Waals surface area (Å²) in [5.41, 5.74) is 1.11. The van der Waals surface area contributed by atoms with Crippen LogP contribution < -0.4 is 0 Å². The normalized spacial score (nSPS) is 15.7. The zero-order chi connectivity index (χ0) is 8.55. The lowest BCUT2D eigenvalue weighted by molar-refractivity contribution is 0.0689. The van der Waals surface area contributed by atoms with E-state index in [1.165, 1.54) is 0 Å². The number of hydrogen-bond donors (Lipinski definition) is 1. The second-order valence-corrected chi connectivity index (χ2v) is 3.00. The topological polar surface area (TPSA) is 55.1 Å². The Morgan fingerprint density at radius 1 is 1.58 bits per heavy atom. The second kappa shape index (κ2) is 2.62. The molecule has 0 saturated heterocycles. The maximum absolute atomic E-state index is 10.7. The Labute approximate surface area is 69.8 Å². The van der Waals surface area contributed by atoms with Gasteiger partial charge in [-0.1, -0.05) is 0 Å². The third-order valence-corrected chi connectivity index (χ3v) is 2.21. The zero-order valence-electron chi connectivity index (χ0n) is 6.66. The zero-order valence-corrected chi connectivity index (χ0v) is 6.66. The summed E-state index contributed by atoms with van der Waals surface area (Å²) in [4.78, 5) is 14.5. The van der Waals surface area contributed by atoms with Crippen molar-refractivity contribution in [3.8, 4) is 0 Å². The van der Waals surface area contributed by atoms with Crippen LogP contribution in [0.2, 0.25) is 0 Å². The van der Waals surface area contributed by atoms with Crippen molar-refractivity contribution in [2.24, 2.45) is 0 Å². The summed E-state index contributed by atoms with van der Waals surface area (Å²) < 4.78 is 1.94. The number of carbonyl (C=O) groups is 1. The highest BCUT2D eigenvalue weighted by Crippen LogP contribution is 2.17. The molecule has 0 amide bonds. The minimum atomic E-state index is -0.911. The maximum Gasteiger partial charge on any atom is 0.356 e. The largest absolute Gasteiger partial charge is 0.476 e. The Balaban J connectivity index is 2.44. The molecule has 12 heavy (non-hydrogen) atoms. The molecule has 64 valence electrons. The standard InChI is InChI=1S/C8H10N2O2/c11-8(12)7-6-3-1-2-4-10(6)5-9-7/h5H,1-4H2,(H,11,12). The van der Waals surface area contributed by atoms with Crippen LogP contribution >= 0.6 is 0 Å². The van der Waals surface area contributed by atoms with Crippen LogP contribution in [0.25, 0.3) is 0 Å². The molecule has 0 fully saturated rings. The molecule has 4 heteroatoms. The number of imidazole rings is 1. The van der Waals surface area contributed by atoms with Gasteiger partial charge >= 0.3 is 5.97 Å². The SMILES string of the molecule is O=C(O)c1ncn2c1CCCC2. The molecule has 0 aromatic carbocycles. The minimum Gasteiger partial charge on any atom is -0.476 e. The van der Waals surface area contributed by atoms with Crippen LogP contribution in [-0.2, 0) is 13.0 Å². The Morgan fingerprint density at radius 3 is 3.17 bits per heavy atom. The van der Waals surface area contributed by atoms with Gasteiger partial charge in [-0.25, -0.2) is 9.78 Å². The van der Waals surface area contributed by atoms with Crippen molar-refractivity contribution in [2.45, 2.75) is 25.8 Å². The molecule has 1 aliphatic rings. The van der Waals surface area contributed by atoms with Crippen molar-refractivity contribution in [1.82, 2.24) is 9.55 Å². The predicted molar refractivity (Wildman–Crippen MR) is 42.1 cm³/mol. The van der Waals surface area contributed by atoms with Crippen molar-refractivity contribution in [1.29, 1.82) is 0 Å². The van der Waals surface area contributed by atoms with Gasteiger partial charge in [0, 0.05) is 6.54 Å². The molecular weight excluding hydrogens is 156 g/mol. The van der Waals surface area contributed by atoms with Crippen molar-refractivity contribution < 1.29 is 9.90 Å². The van der Waals surface area contributed by atoms with Crippen molar-refractivity contribution in [3.63, 3.8) is 0 Å². The Bertz CT molecular complexity index is 317. The van der Waals surface area contributed by atoms with Gasteiger partial charge in [-0.3, -0.25) is 0 Å². The van der Waals surface area contributed by atoms with E-state index in [4.69, 9.17) is 5.11 Å². The lowest BCUT2D eigenvalue weighted by Gasteiger charge is -2.13. The van der Waals surface area contributed by atoms with Crippen LogP contribution in [0.4, 0.5) is 0 Å². The third-order valence-electron chi connectivity index (χ3n) is 2.21. The highest BCUT2D eigenvalue weighted by atomic mass is 16.4. The molecule has 0 spiro atoms. The maximum atomic E-state index is 10.7. The van der Waals surface area contributed by atoms with Crippen LogP contribution in [0, 0.1) is 0 Å². The van der Waals surface area contributed by atoms with Gasteiger partial charge in [0.15, 0.2) is 5.69 Å². The summed E-state index contributed by atoms with van der Waals surface area (Å²) in [6.45, 7) is 0.912. The minimum absolute atomic E-state index is 0.231. The summed E-state index contributed by atoms with van der Waals surface area (Å²) in [5, 5.41) is 8.75. The molecule has 0 bridgehead atoms. The van der Waals surface area contributed by atoms with E-state index in [9.17, 15) is 4.79 Å². The van der Waals surface area contributed by atoms with Crippen LogP contribution in [0.5, 0.6) is 0 Å². The lowest BCUT2D eigenvalue weighted by atomic mass is 10.1. The number of rotatable bonds is 1. The average Bonchev–Trinajstić information content (AvgIpc) is 2.47. The molecule has 2 rings (SSSR count). The van der Waals surface area contributed by atoms with E-state index in [0.717, 1.165) is 31.5 Å². The highest BCUT2D eigenvalue weighted by molar-refractivity contribution is 5.86. The number of nitrogens with zero attached hydrogens (tertiary/aromatic N) is 2. The van der Waals surface area contributed by atoms with Crippen LogP contribution in [0.1, 0.15) is 29.0 Å². The molecule has 1 aromatic heterocycles. The number of carboxylic acids is 1. The number of hydrogen-bond acceptors (Lipinski definition) is 2. The van der Waals surface area contributed by atoms with E-state index in [1.807, 2.05) is 4.57 Å². The molecule has 0 radical (unpaired) electrons. The molecule has 1 aliphatic heterocycles. The Kier molecular flexibility index (Phi) is 1.60. The molecule has 0 saturated carbocycles. The molecule has 0 atom stereocenters. The Morgan fingerprint density at radius 2 is 2.42 bits per heavy atom. The summed E-state index contributed by atoms with van der Waals surface area (Å²) >= 11 is 0. The van der Waals surface area contributed by atoms with Crippen molar-refractivity contribution in [2.75, 3.05) is 0 Å². The first kappa shape index (κ1) is 7.34. The smallest absolute Gasteiger partial charge is 0.356 e.